The third kappa shape index (κ3) is 2.75. The van der Waals surface area contributed by atoms with Crippen molar-refractivity contribution < 1.29 is 8.42 Å². The molecule has 18 heavy (non-hydrogen) atoms. The van der Waals surface area contributed by atoms with Crippen LogP contribution in [0.4, 0.5) is 0 Å². The highest BCUT2D eigenvalue weighted by atomic mass is 32.2. The zero-order valence-electron chi connectivity index (χ0n) is 9.70. The van der Waals surface area contributed by atoms with Gasteiger partial charge in [0.25, 0.3) is 0 Å². The fourth-order valence-corrected chi connectivity index (χ4v) is 3.55. The third-order valence-electron chi connectivity index (χ3n) is 2.36. The molecule has 0 bridgehead atoms. The largest absolute Gasteiger partial charge is 0.326 e. The van der Waals surface area contributed by atoms with Gasteiger partial charge in [0.15, 0.2) is 0 Å². The molecule has 0 amide bonds. The minimum Gasteiger partial charge on any atom is -0.326 e. The number of nitrogens with one attached hydrogen (secondary N) is 1. The Labute approximate surface area is 109 Å². The molecule has 0 aliphatic heterocycles. The van der Waals surface area contributed by atoms with Crippen LogP contribution < -0.4 is 10.5 Å². The molecule has 0 spiro atoms. The van der Waals surface area contributed by atoms with Crippen molar-refractivity contribution in [2.24, 2.45) is 12.8 Å². The number of aryl methyl sites for hydroxylation is 1. The molecule has 2 heterocycles. The van der Waals surface area contributed by atoms with Gasteiger partial charge in [-0.1, -0.05) is 0 Å². The summed E-state index contributed by atoms with van der Waals surface area (Å²) in [4.78, 5) is 0. The van der Waals surface area contributed by atoms with E-state index in [1.165, 1.54) is 6.33 Å². The smallest absolute Gasteiger partial charge is 0.250 e. The molecule has 0 saturated heterocycles. The van der Waals surface area contributed by atoms with E-state index in [-0.39, 0.29) is 10.8 Å². The Kier molecular flexibility index (Phi) is 3.76. The van der Waals surface area contributed by atoms with Gasteiger partial charge in [-0.05, 0) is 17.0 Å². The summed E-state index contributed by atoms with van der Waals surface area (Å²) in [7, 11) is -1.76. The van der Waals surface area contributed by atoms with E-state index < -0.39 is 10.0 Å². The van der Waals surface area contributed by atoms with Gasteiger partial charge in [-0.15, -0.1) is 21.5 Å². The third-order valence-corrected chi connectivity index (χ3v) is 5.25. The predicted molar refractivity (Wildman–Crippen MR) is 67.2 cm³/mol. The highest BCUT2D eigenvalue weighted by Gasteiger charge is 2.17. The molecule has 0 fully saturated rings. The van der Waals surface area contributed by atoms with Crippen LogP contribution in [-0.4, -0.2) is 23.2 Å². The maximum atomic E-state index is 12.0. The highest BCUT2D eigenvalue weighted by Crippen LogP contribution is 2.19. The van der Waals surface area contributed by atoms with Gasteiger partial charge in [0.2, 0.25) is 10.0 Å². The molecule has 3 N–H and O–H groups in total. The second-order valence-corrected chi connectivity index (χ2v) is 6.57. The normalized spacial score (nSPS) is 11.9. The van der Waals surface area contributed by atoms with Gasteiger partial charge in [0, 0.05) is 13.6 Å². The molecule has 0 aliphatic rings. The maximum absolute atomic E-state index is 12.0. The first-order chi connectivity index (χ1) is 8.53. The van der Waals surface area contributed by atoms with E-state index in [0.717, 1.165) is 16.9 Å². The number of aromatic nitrogens is 3. The summed E-state index contributed by atoms with van der Waals surface area (Å²) in [6.07, 6.45) is 1.52. The summed E-state index contributed by atoms with van der Waals surface area (Å²) in [6, 6.07) is 1.57. The van der Waals surface area contributed by atoms with Crippen molar-refractivity contribution in [2.75, 3.05) is 0 Å². The molecule has 2 rings (SSSR count). The first kappa shape index (κ1) is 13.1. The Balaban J connectivity index is 2.10. The molecule has 2 aromatic heterocycles. The molecule has 0 unspecified atom stereocenters. The molecule has 0 aromatic carbocycles. The average molecular weight is 287 g/mol. The summed E-state index contributed by atoms with van der Waals surface area (Å²) < 4.78 is 28.3. The molecule has 0 atom stereocenters. The van der Waals surface area contributed by atoms with Gasteiger partial charge in [0.1, 0.15) is 16.4 Å². The summed E-state index contributed by atoms with van der Waals surface area (Å²) in [6.45, 7) is 0.435. The molecule has 7 nitrogen and oxygen atoms in total. The van der Waals surface area contributed by atoms with Gasteiger partial charge in [-0.2, -0.15) is 0 Å². The number of nitrogens with two attached hydrogens (primary N) is 1. The Hall–Kier alpha value is -1.29. The second kappa shape index (κ2) is 5.14. The number of rotatable bonds is 5. The Morgan fingerprint density at radius 2 is 2.33 bits per heavy atom. The first-order valence-corrected chi connectivity index (χ1v) is 7.49. The van der Waals surface area contributed by atoms with Crippen LogP contribution in [0.15, 0.2) is 22.0 Å². The fraction of sp³-hybridized carbons (Fsp3) is 0.333. The van der Waals surface area contributed by atoms with Crippen molar-refractivity contribution in [2.45, 2.75) is 17.3 Å². The number of hydrogen-bond donors (Lipinski definition) is 2. The lowest BCUT2D eigenvalue weighted by molar-refractivity contribution is 0.579. The highest BCUT2D eigenvalue weighted by molar-refractivity contribution is 7.91. The van der Waals surface area contributed by atoms with Crippen molar-refractivity contribution in [3.05, 3.63) is 29.2 Å². The maximum Gasteiger partial charge on any atom is 0.250 e. The van der Waals surface area contributed by atoms with Crippen molar-refractivity contribution >= 4 is 21.4 Å². The van der Waals surface area contributed by atoms with Gasteiger partial charge in [-0.3, -0.25) is 0 Å². The molecular weight excluding hydrogens is 274 g/mol. The molecule has 9 heteroatoms. The van der Waals surface area contributed by atoms with Gasteiger partial charge in [0.05, 0.1) is 6.54 Å². The standard InChI is InChI=1S/C9H13N5O2S2/c1-14-6-11-13-8(14)4-12-18(15,16)9-2-7(3-10)5-17-9/h2,5-6,12H,3-4,10H2,1H3. The van der Waals surface area contributed by atoms with Crippen LogP contribution in [-0.2, 0) is 30.2 Å². The van der Waals surface area contributed by atoms with Crippen molar-refractivity contribution in [3.63, 3.8) is 0 Å². The van der Waals surface area contributed by atoms with Crippen LogP contribution in [0.5, 0.6) is 0 Å². The van der Waals surface area contributed by atoms with Crippen molar-refractivity contribution in [1.82, 2.24) is 19.5 Å². The number of sulfonamides is 1. The van der Waals surface area contributed by atoms with E-state index in [4.69, 9.17) is 5.73 Å². The summed E-state index contributed by atoms with van der Waals surface area (Å²) >= 11 is 1.15. The quantitative estimate of drug-likeness (QED) is 0.793. The molecule has 0 saturated carbocycles. The molecular formula is C9H13N5O2S2. The number of thiophene rings is 1. The number of nitrogens with zero attached hydrogens (tertiary/aromatic N) is 3. The van der Waals surface area contributed by atoms with E-state index in [2.05, 4.69) is 14.9 Å². The monoisotopic (exact) mass is 287 g/mol. The van der Waals surface area contributed by atoms with Crippen molar-refractivity contribution in [1.29, 1.82) is 0 Å². The topological polar surface area (TPSA) is 103 Å². The Bertz CT molecular complexity index is 631. The lowest BCUT2D eigenvalue weighted by Gasteiger charge is -2.03. The number of hydrogen-bond acceptors (Lipinski definition) is 6. The SMILES string of the molecule is Cn1cnnc1CNS(=O)(=O)c1cc(CN)cs1. The first-order valence-electron chi connectivity index (χ1n) is 5.13. The zero-order valence-corrected chi connectivity index (χ0v) is 11.3. The molecule has 98 valence electrons. The zero-order chi connectivity index (χ0) is 13.2. The van der Waals surface area contributed by atoms with E-state index in [0.29, 0.717) is 12.4 Å². The van der Waals surface area contributed by atoms with E-state index in [1.54, 1.807) is 23.1 Å². The van der Waals surface area contributed by atoms with Crippen LogP contribution in [0.25, 0.3) is 0 Å². The van der Waals surface area contributed by atoms with Crippen LogP contribution >= 0.6 is 11.3 Å². The van der Waals surface area contributed by atoms with Crippen molar-refractivity contribution in [3.8, 4) is 0 Å². The lowest BCUT2D eigenvalue weighted by Crippen LogP contribution is -2.24. The molecule has 2 aromatic rings. The molecule has 0 radical (unpaired) electrons. The fourth-order valence-electron chi connectivity index (χ4n) is 1.30. The minimum atomic E-state index is -3.51. The minimum absolute atomic E-state index is 0.106. The summed E-state index contributed by atoms with van der Waals surface area (Å²) in [5.74, 6) is 0.550. The molecule has 0 aliphatic carbocycles. The van der Waals surface area contributed by atoms with Gasteiger partial charge in [-0.25, -0.2) is 13.1 Å². The van der Waals surface area contributed by atoms with Crippen LogP contribution in [0.2, 0.25) is 0 Å². The van der Waals surface area contributed by atoms with Crippen LogP contribution in [0, 0.1) is 0 Å². The average Bonchev–Trinajstić information content (AvgIpc) is 2.95. The van der Waals surface area contributed by atoms with E-state index >= 15 is 0 Å². The van der Waals surface area contributed by atoms with Crippen LogP contribution in [0.3, 0.4) is 0 Å². The van der Waals surface area contributed by atoms with E-state index in [9.17, 15) is 8.42 Å². The Morgan fingerprint density at radius 1 is 1.56 bits per heavy atom. The summed E-state index contributed by atoms with van der Waals surface area (Å²) in [5.41, 5.74) is 6.25. The Morgan fingerprint density at radius 3 is 2.89 bits per heavy atom. The van der Waals surface area contributed by atoms with E-state index in [1.807, 2.05) is 0 Å². The predicted octanol–water partition coefficient (Wildman–Crippen LogP) is -0.186. The van der Waals surface area contributed by atoms with Crippen LogP contribution in [0.1, 0.15) is 11.4 Å². The summed E-state index contributed by atoms with van der Waals surface area (Å²) in [5, 5.41) is 9.21. The van der Waals surface area contributed by atoms with Gasteiger partial charge >= 0.3 is 0 Å². The second-order valence-electron chi connectivity index (χ2n) is 3.66. The lowest BCUT2D eigenvalue weighted by atomic mass is 10.4. The van der Waals surface area contributed by atoms with Gasteiger partial charge < -0.3 is 10.3 Å².